The molecule has 0 bridgehead atoms. The van der Waals surface area contributed by atoms with Crippen molar-refractivity contribution in [2.45, 2.75) is 25.7 Å². The lowest BCUT2D eigenvalue weighted by Crippen LogP contribution is -2.30. The summed E-state index contributed by atoms with van der Waals surface area (Å²) < 4.78 is 26.5. The van der Waals surface area contributed by atoms with E-state index < -0.39 is 11.6 Å². The minimum atomic E-state index is -0.652. The fraction of sp³-hybridized carbons (Fsp3) is 0.533. The van der Waals surface area contributed by atoms with Crippen LogP contribution in [0.25, 0.3) is 0 Å². The van der Waals surface area contributed by atoms with Crippen molar-refractivity contribution in [1.29, 1.82) is 0 Å². The van der Waals surface area contributed by atoms with Gasteiger partial charge in [0, 0.05) is 6.54 Å². The van der Waals surface area contributed by atoms with Crippen molar-refractivity contribution in [3.8, 4) is 0 Å². The standard InChI is InChI=1S/C15H19F2NO/c1-18(9-11-4-2-3-5-11)10-15(19)13-8-12(16)6-7-14(13)17/h6-8,11H,2-5,9-10H2,1H3. The van der Waals surface area contributed by atoms with E-state index >= 15 is 0 Å². The van der Waals surface area contributed by atoms with Gasteiger partial charge in [-0.05, 0) is 44.0 Å². The van der Waals surface area contributed by atoms with Gasteiger partial charge in [-0.1, -0.05) is 12.8 Å². The molecule has 1 aliphatic rings. The predicted molar refractivity (Wildman–Crippen MR) is 70.1 cm³/mol. The van der Waals surface area contributed by atoms with Crippen LogP contribution in [0.5, 0.6) is 0 Å². The van der Waals surface area contributed by atoms with Crippen molar-refractivity contribution in [3.05, 3.63) is 35.4 Å². The topological polar surface area (TPSA) is 20.3 Å². The van der Waals surface area contributed by atoms with Crippen LogP contribution in [0.15, 0.2) is 18.2 Å². The van der Waals surface area contributed by atoms with Crippen molar-refractivity contribution in [2.24, 2.45) is 5.92 Å². The molecule has 0 N–H and O–H groups in total. The van der Waals surface area contributed by atoms with Crippen LogP contribution in [0, 0.1) is 17.6 Å². The Bertz CT molecular complexity index is 455. The van der Waals surface area contributed by atoms with Crippen LogP contribution in [0.1, 0.15) is 36.0 Å². The highest BCUT2D eigenvalue weighted by atomic mass is 19.1. The monoisotopic (exact) mass is 267 g/mol. The van der Waals surface area contributed by atoms with Crippen molar-refractivity contribution in [2.75, 3.05) is 20.1 Å². The van der Waals surface area contributed by atoms with E-state index in [1.807, 2.05) is 11.9 Å². The molecule has 1 saturated carbocycles. The van der Waals surface area contributed by atoms with Crippen LogP contribution in [0.3, 0.4) is 0 Å². The zero-order valence-corrected chi connectivity index (χ0v) is 11.2. The number of Topliss-reactive ketones (excluding diaryl/α,β-unsaturated/α-hetero) is 1. The molecule has 1 aromatic carbocycles. The van der Waals surface area contributed by atoms with Gasteiger partial charge in [-0.25, -0.2) is 8.78 Å². The normalized spacial score (nSPS) is 16.2. The summed E-state index contributed by atoms with van der Waals surface area (Å²) in [7, 11) is 1.85. The molecule has 0 aromatic heterocycles. The molecular weight excluding hydrogens is 248 g/mol. The van der Waals surface area contributed by atoms with Gasteiger partial charge in [-0.15, -0.1) is 0 Å². The predicted octanol–water partition coefficient (Wildman–Crippen LogP) is 3.27. The lowest BCUT2D eigenvalue weighted by molar-refractivity contribution is 0.0933. The lowest BCUT2D eigenvalue weighted by Gasteiger charge is -2.20. The molecule has 4 heteroatoms. The molecule has 2 nitrogen and oxygen atoms in total. The first kappa shape index (κ1) is 14.1. The van der Waals surface area contributed by atoms with Gasteiger partial charge in [0.2, 0.25) is 0 Å². The Hall–Kier alpha value is -1.29. The Balaban J connectivity index is 1.94. The number of hydrogen-bond donors (Lipinski definition) is 0. The summed E-state index contributed by atoms with van der Waals surface area (Å²) in [4.78, 5) is 13.9. The van der Waals surface area contributed by atoms with E-state index in [0.29, 0.717) is 5.92 Å². The van der Waals surface area contributed by atoms with E-state index in [-0.39, 0.29) is 17.9 Å². The van der Waals surface area contributed by atoms with E-state index in [1.54, 1.807) is 0 Å². The second-order valence-corrected chi connectivity index (χ2v) is 5.39. The van der Waals surface area contributed by atoms with Crippen molar-refractivity contribution in [1.82, 2.24) is 4.90 Å². The molecule has 104 valence electrons. The Morgan fingerprint density at radius 1 is 1.32 bits per heavy atom. The first-order chi connectivity index (χ1) is 9.06. The number of ketones is 1. The number of hydrogen-bond acceptors (Lipinski definition) is 2. The Labute approximate surface area is 112 Å². The molecule has 19 heavy (non-hydrogen) atoms. The number of halogens is 2. The zero-order valence-electron chi connectivity index (χ0n) is 11.2. The second-order valence-electron chi connectivity index (χ2n) is 5.39. The molecule has 0 amide bonds. The maximum atomic E-state index is 13.5. The van der Waals surface area contributed by atoms with Crippen LogP contribution in [0.4, 0.5) is 8.78 Å². The summed E-state index contributed by atoms with van der Waals surface area (Å²) in [6.07, 6.45) is 4.91. The maximum absolute atomic E-state index is 13.5. The van der Waals surface area contributed by atoms with Crippen LogP contribution < -0.4 is 0 Å². The first-order valence-corrected chi connectivity index (χ1v) is 6.73. The van der Waals surface area contributed by atoms with Gasteiger partial charge in [-0.2, -0.15) is 0 Å². The smallest absolute Gasteiger partial charge is 0.179 e. The molecule has 0 heterocycles. The van der Waals surface area contributed by atoms with E-state index in [2.05, 4.69) is 0 Å². The summed E-state index contributed by atoms with van der Waals surface area (Å²) in [5.41, 5.74) is -0.154. The minimum Gasteiger partial charge on any atom is -0.299 e. The third-order valence-electron chi connectivity index (χ3n) is 3.69. The molecule has 2 rings (SSSR count). The zero-order chi connectivity index (χ0) is 13.8. The van der Waals surface area contributed by atoms with Gasteiger partial charge < -0.3 is 0 Å². The van der Waals surface area contributed by atoms with Gasteiger partial charge in [0.25, 0.3) is 0 Å². The molecule has 1 aromatic rings. The minimum absolute atomic E-state index is 0.136. The highest BCUT2D eigenvalue weighted by Gasteiger charge is 2.19. The lowest BCUT2D eigenvalue weighted by atomic mass is 10.1. The van der Waals surface area contributed by atoms with Crippen LogP contribution >= 0.6 is 0 Å². The van der Waals surface area contributed by atoms with E-state index in [9.17, 15) is 13.6 Å². The van der Waals surface area contributed by atoms with Gasteiger partial charge in [-0.3, -0.25) is 9.69 Å². The fourth-order valence-corrected chi connectivity index (χ4v) is 2.74. The third kappa shape index (κ3) is 3.83. The molecule has 0 aliphatic heterocycles. The number of likely N-dealkylation sites (N-methyl/N-ethyl adjacent to an activating group) is 1. The van der Waals surface area contributed by atoms with Crippen LogP contribution in [-0.4, -0.2) is 30.8 Å². The van der Waals surface area contributed by atoms with Crippen LogP contribution in [0.2, 0.25) is 0 Å². The Morgan fingerprint density at radius 2 is 2.00 bits per heavy atom. The number of carbonyl (C=O) groups is 1. The Kier molecular flexibility index (Phi) is 4.64. The number of benzene rings is 1. The summed E-state index contributed by atoms with van der Waals surface area (Å²) in [6.45, 7) is 0.986. The maximum Gasteiger partial charge on any atom is 0.179 e. The molecule has 1 fully saturated rings. The van der Waals surface area contributed by atoms with E-state index in [1.165, 1.54) is 25.7 Å². The fourth-order valence-electron chi connectivity index (χ4n) is 2.74. The second kappa shape index (κ2) is 6.24. The summed E-state index contributed by atoms with van der Waals surface area (Å²) >= 11 is 0. The van der Waals surface area contributed by atoms with E-state index in [0.717, 1.165) is 24.7 Å². The SMILES string of the molecule is CN(CC(=O)c1cc(F)ccc1F)CC1CCCC1. The van der Waals surface area contributed by atoms with E-state index in [4.69, 9.17) is 0 Å². The van der Waals surface area contributed by atoms with Gasteiger partial charge in [0.05, 0.1) is 12.1 Å². The summed E-state index contributed by atoms with van der Waals surface area (Å²) in [6, 6.07) is 3.00. The van der Waals surface area contributed by atoms with Gasteiger partial charge >= 0.3 is 0 Å². The third-order valence-corrected chi connectivity index (χ3v) is 3.69. The number of carbonyl (C=O) groups excluding carboxylic acids is 1. The van der Waals surface area contributed by atoms with Gasteiger partial charge in [0.15, 0.2) is 5.78 Å². The number of rotatable bonds is 5. The highest BCUT2D eigenvalue weighted by molar-refractivity contribution is 5.97. The largest absolute Gasteiger partial charge is 0.299 e. The summed E-state index contributed by atoms with van der Waals surface area (Å²) in [5, 5.41) is 0. The summed E-state index contributed by atoms with van der Waals surface area (Å²) in [5.74, 6) is -0.962. The number of nitrogens with zero attached hydrogens (tertiary/aromatic N) is 1. The molecule has 0 saturated heterocycles. The van der Waals surface area contributed by atoms with Crippen molar-refractivity contribution in [3.63, 3.8) is 0 Å². The average molecular weight is 267 g/mol. The highest BCUT2D eigenvalue weighted by Crippen LogP contribution is 2.25. The van der Waals surface area contributed by atoms with Crippen molar-refractivity contribution < 1.29 is 13.6 Å². The molecule has 0 unspecified atom stereocenters. The first-order valence-electron chi connectivity index (χ1n) is 6.73. The average Bonchev–Trinajstić information content (AvgIpc) is 2.84. The van der Waals surface area contributed by atoms with Crippen LogP contribution in [-0.2, 0) is 0 Å². The van der Waals surface area contributed by atoms with Crippen molar-refractivity contribution >= 4 is 5.78 Å². The Morgan fingerprint density at radius 3 is 2.68 bits per heavy atom. The quantitative estimate of drug-likeness (QED) is 0.763. The molecular formula is C15H19F2NO. The molecule has 0 atom stereocenters. The molecule has 0 spiro atoms. The molecule has 0 radical (unpaired) electrons. The van der Waals surface area contributed by atoms with Gasteiger partial charge in [0.1, 0.15) is 11.6 Å². The molecule has 1 aliphatic carbocycles.